The second kappa shape index (κ2) is 10.1. The summed E-state index contributed by atoms with van der Waals surface area (Å²) >= 11 is 0. The van der Waals surface area contributed by atoms with Gasteiger partial charge in [0.15, 0.2) is 5.96 Å². The van der Waals surface area contributed by atoms with Crippen LogP contribution in [0.15, 0.2) is 54.2 Å². The lowest BCUT2D eigenvalue weighted by Crippen LogP contribution is -2.38. The third-order valence-electron chi connectivity index (χ3n) is 4.03. The smallest absolute Gasteiger partial charge is 0.190 e. The van der Waals surface area contributed by atoms with E-state index in [1.807, 2.05) is 12.5 Å². The van der Waals surface area contributed by atoms with E-state index in [1.54, 1.807) is 13.2 Å². The molecule has 0 aliphatic heterocycles. The predicted molar refractivity (Wildman–Crippen MR) is 114 cm³/mol. The molecule has 7 heteroatoms. The highest BCUT2D eigenvalue weighted by atomic mass is 127. The molecule has 6 nitrogen and oxygen atoms in total. The number of aromatic amines is 1. The second-order valence-corrected chi connectivity index (χ2v) is 5.69. The van der Waals surface area contributed by atoms with Crippen LogP contribution >= 0.6 is 24.0 Å². The minimum Gasteiger partial charge on any atom is -0.361 e. The molecule has 0 unspecified atom stereocenters. The van der Waals surface area contributed by atoms with Gasteiger partial charge in [-0.15, -0.1) is 24.0 Å². The van der Waals surface area contributed by atoms with Crippen molar-refractivity contribution >= 4 is 40.8 Å². The van der Waals surface area contributed by atoms with E-state index in [-0.39, 0.29) is 24.0 Å². The van der Waals surface area contributed by atoms with E-state index in [1.165, 1.54) is 16.5 Å². The van der Waals surface area contributed by atoms with Crippen LogP contribution in [0.25, 0.3) is 10.9 Å². The standard InChI is InChI=1S/C18H24N6.HI/c1-19-18(21-8-4-11-24-12-10-20-14-24)22-9-7-15-13-23-17-6-3-2-5-16(15)17;/h2-3,5-6,10,12-14,23H,4,7-9,11H2,1H3,(H2,19,21,22);1H. The number of H-pyrrole nitrogens is 1. The first-order valence-corrected chi connectivity index (χ1v) is 8.32. The maximum absolute atomic E-state index is 4.27. The van der Waals surface area contributed by atoms with Crippen LogP contribution in [0.4, 0.5) is 0 Å². The number of fused-ring (bicyclic) bond motifs is 1. The molecule has 1 aromatic carbocycles. The van der Waals surface area contributed by atoms with Gasteiger partial charge in [-0.3, -0.25) is 4.99 Å². The topological polar surface area (TPSA) is 70.0 Å². The number of hydrogen-bond acceptors (Lipinski definition) is 2. The van der Waals surface area contributed by atoms with Crippen LogP contribution in [0.5, 0.6) is 0 Å². The molecule has 0 aliphatic carbocycles. The third-order valence-corrected chi connectivity index (χ3v) is 4.03. The van der Waals surface area contributed by atoms with Gasteiger partial charge in [0.2, 0.25) is 0 Å². The molecule has 2 heterocycles. The van der Waals surface area contributed by atoms with E-state index in [0.29, 0.717) is 0 Å². The third kappa shape index (κ3) is 5.48. The molecule has 0 fully saturated rings. The summed E-state index contributed by atoms with van der Waals surface area (Å²) in [6, 6.07) is 8.39. The molecule has 2 aromatic heterocycles. The summed E-state index contributed by atoms with van der Waals surface area (Å²) in [5.74, 6) is 0.848. The molecule has 0 bridgehead atoms. The Morgan fingerprint density at radius 1 is 1.24 bits per heavy atom. The average Bonchev–Trinajstić information content (AvgIpc) is 3.27. The molecular weight excluding hydrogens is 427 g/mol. The van der Waals surface area contributed by atoms with Crippen molar-refractivity contribution in [1.29, 1.82) is 0 Å². The molecule has 0 amide bonds. The summed E-state index contributed by atoms with van der Waals surface area (Å²) in [6.45, 7) is 2.69. The molecule has 0 saturated carbocycles. The quantitative estimate of drug-likeness (QED) is 0.224. The molecule has 0 radical (unpaired) electrons. The fraction of sp³-hybridized carbons (Fsp3) is 0.333. The molecule has 3 aromatic rings. The summed E-state index contributed by atoms with van der Waals surface area (Å²) < 4.78 is 2.08. The van der Waals surface area contributed by atoms with E-state index < -0.39 is 0 Å². The Bertz CT molecular complexity index is 778. The van der Waals surface area contributed by atoms with E-state index in [4.69, 9.17) is 0 Å². The van der Waals surface area contributed by atoms with Gasteiger partial charge in [-0.25, -0.2) is 4.98 Å². The van der Waals surface area contributed by atoms with Gasteiger partial charge < -0.3 is 20.2 Å². The summed E-state index contributed by atoms with van der Waals surface area (Å²) in [7, 11) is 1.80. The molecule has 3 N–H and O–H groups in total. The Hall–Kier alpha value is -2.03. The molecular formula is C18H25IN6. The number of rotatable bonds is 7. The first-order chi connectivity index (χ1) is 11.9. The number of hydrogen-bond donors (Lipinski definition) is 3. The van der Waals surface area contributed by atoms with Crippen molar-refractivity contribution in [3.63, 3.8) is 0 Å². The molecule has 134 valence electrons. The lowest BCUT2D eigenvalue weighted by Gasteiger charge is -2.11. The van der Waals surface area contributed by atoms with Crippen LogP contribution in [0.3, 0.4) is 0 Å². The van der Waals surface area contributed by atoms with E-state index >= 15 is 0 Å². The maximum atomic E-state index is 4.27. The van der Waals surface area contributed by atoms with Gasteiger partial charge in [-0.1, -0.05) is 18.2 Å². The number of benzene rings is 1. The first kappa shape index (κ1) is 19.3. The Morgan fingerprint density at radius 2 is 2.08 bits per heavy atom. The van der Waals surface area contributed by atoms with Crippen LogP contribution in [0.2, 0.25) is 0 Å². The van der Waals surface area contributed by atoms with Crippen LogP contribution in [0, 0.1) is 0 Å². The van der Waals surface area contributed by atoms with Gasteiger partial charge in [0, 0.05) is 56.2 Å². The highest BCUT2D eigenvalue weighted by molar-refractivity contribution is 14.0. The number of nitrogens with one attached hydrogen (secondary N) is 3. The van der Waals surface area contributed by atoms with Gasteiger partial charge in [0.05, 0.1) is 6.33 Å². The van der Waals surface area contributed by atoms with Crippen LogP contribution in [0.1, 0.15) is 12.0 Å². The lowest BCUT2D eigenvalue weighted by molar-refractivity contribution is 0.624. The van der Waals surface area contributed by atoms with Crippen molar-refractivity contribution < 1.29 is 0 Å². The predicted octanol–water partition coefficient (Wildman–Crippen LogP) is 2.78. The number of para-hydroxylation sites is 1. The first-order valence-electron chi connectivity index (χ1n) is 8.32. The van der Waals surface area contributed by atoms with Gasteiger partial charge >= 0.3 is 0 Å². The number of halogens is 1. The van der Waals surface area contributed by atoms with Crippen molar-refractivity contribution in [3.05, 3.63) is 54.7 Å². The Morgan fingerprint density at radius 3 is 2.88 bits per heavy atom. The van der Waals surface area contributed by atoms with Crippen LogP contribution < -0.4 is 10.6 Å². The van der Waals surface area contributed by atoms with E-state index in [2.05, 4.69) is 60.6 Å². The van der Waals surface area contributed by atoms with Gasteiger partial charge in [0.25, 0.3) is 0 Å². The molecule has 0 aliphatic rings. The monoisotopic (exact) mass is 452 g/mol. The van der Waals surface area contributed by atoms with Gasteiger partial charge in [-0.2, -0.15) is 0 Å². The molecule has 3 rings (SSSR count). The molecule has 0 saturated heterocycles. The Kier molecular flexibility index (Phi) is 7.77. The minimum absolute atomic E-state index is 0. The van der Waals surface area contributed by atoms with Crippen LogP contribution in [-0.4, -0.2) is 40.6 Å². The maximum Gasteiger partial charge on any atom is 0.190 e. The molecule has 25 heavy (non-hydrogen) atoms. The summed E-state index contributed by atoms with van der Waals surface area (Å²) in [5.41, 5.74) is 2.52. The summed E-state index contributed by atoms with van der Waals surface area (Å²) in [5, 5.41) is 8.01. The lowest BCUT2D eigenvalue weighted by atomic mass is 10.1. The number of nitrogens with zero attached hydrogens (tertiary/aromatic N) is 3. The van der Waals surface area contributed by atoms with Crippen LogP contribution in [-0.2, 0) is 13.0 Å². The van der Waals surface area contributed by atoms with Crippen molar-refractivity contribution in [2.24, 2.45) is 4.99 Å². The zero-order valence-corrected chi connectivity index (χ0v) is 16.7. The zero-order chi connectivity index (χ0) is 16.6. The van der Waals surface area contributed by atoms with E-state index in [9.17, 15) is 0 Å². The van der Waals surface area contributed by atoms with Crippen molar-refractivity contribution in [1.82, 2.24) is 25.2 Å². The SMILES string of the molecule is CN=C(NCCCn1ccnc1)NCCc1c[nH]c2ccccc12.I. The highest BCUT2D eigenvalue weighted by Crippen LogP contribution is 2.17. The van der Waals surface area contributed by atoms with Crippen molar-refractivity contribution in [2.75, 3.05) is 20.1 Å². The largest absolute Gasteiger partial charge is 0.361 e. The normalized spacial score (nSPS) is 11.3. The number of imidazole rings is 1. The minimum atomic E-state index is 0. The number of guanidine groups is 1. The summed E-state index contributed by atoms with van der Waals surface area (Å²) in [6.07, 6.45) is 9.70. The zero-order valence-electron chi connectivity index (χ0n) is 14.4. The Balaban J connectivity index is 0.00000225. The fourth-order valence-corrected chi connectivity index (χ4v) is 2.76. The number of aryl methyl sites for hydroxylation is 1. The Labute approximate surface area is 165 Å². The van der Waals surface area contributed by atoms with Gasteiger partial charge in [0.1, 0.15) is 0 Å². The van der Waals surface area contributed by atoms with Crippen molar-refractivity contribution in [2.45, 2.75) is 19.4 Å². The highest BCUT2D eigenvalue weighted by Gasteiger charge is 2.03. The van der Waals surface area contributed by atoms with E-state index in [0.717, 1.165) is 38.4 Å². The molecule has 0 atom stereocenters. The summed E-state index contributed by atoms with van der Waals surface area (Å²) in [4.78, 5) is 11.6. The van der Waals surface area contributed by atoms with Gasteiger partial charge in [-0.05, 0) is 24.5 Å². The molecule has 0 spiro atoms. The fourth-order valence-electron chi connectivity index (χ4n) is 2.76. The number of aromatic nitrogens is 3. The second-order valence-electron chi connectivity index (χ2n) is 5.69. The van der Waals surface area contributed by atoms with Crippen molar-refractivity contribution in [3.8, 4) is 0 Å². The number of aliphatic imine (C=N–C) groups is 1. The average molecular weight is 452 g/mol.